The Morgan fingerprint density at radius 3 is 3.00 bits per heavy atom. The van der Waals surface area contributed by atoms with Crippen LogP contribution in [0.3, 0.4) is 0 Å². The molecule has 0 amide bonds. The summed E-state index contributed by atoms with van der Waals surface area (Å²) in [5.74, 6) is 0. The Hall–Kier alpha value is -0.880. The number of nitriles is 1. The van der Waals surface area contributed by atoms with Crippen LogP contribution in [0.2, 0.25) is 0 Å². The van der Waals surface area contributed by atoms with Gasteiger partial charge >= 0.3 is 0 Å². The number of hydrogen-bond acceptors (Lipinski definition) is 3. The second-order valence-electron chi connectivity index (χ2n) is 1.64. The molecule has 3 heteroatoms. The lowest BCUT2D eigenvalue weighted by Gasteiger charge is -1.94. The van der Waals surface area contributed by atoms with Crippen molar-refractivity contribution in [3.8, 4) is 6.07 Å². The minimum Gasteiger partial charge on any atom is -0.298 e. The first kappa shape index (κ1) is 8.12. The van der Waals surface area contributed by atoms with Gasteiger partial charge in [0, 0.05) is 6.42 Å². The van der Waals surface area contributed by atoms with Gasteiger partial charge in [0.15, 0.2) is 0 Å². The van der Waals surface area contributed by atoms with E-state index in [1.165, 1.54) is 0 Å². The van der Waals surface area contributed by atoms with E-state index in [1.807, 2.05) is 0 Å². The summed E-state index contributed by atoms with van der Waals surface area (Å²) in [5.41, 5.74) is 0. The second kappa shape index (κ2) is 7.12. The lowest BCUT2D eigenvalue weighted by molar-refractivity contribution is 0.673. The van der Waals surface area contributed by atoms with Crippen LogP contribution in [0.15, 0.2) is 4.99 Å². The Kier molecular flexibility index (Phi) is 6.42. The maximum Gasteiger partial charge on any atom is 0.0877 e. The molecule has 9 heavy (non-hydrogen) atoms. The topological polar surface area (TPSA) is 48.2 Å². The van der Waals surface area contributed by atoms with Crippen LogP contribution in [-0.2, 0) is 0 Å². The minimum absolute atomic E-state index is 0.589. The molecule has 0 rings (SSSR count). The maximum absolute atomic E-state index is 8.11. The summed E-state index contributed by atoms with van der Waals surface area (Å²) in [7, 11) is 0. The first-order valence-electron chi connectivity index (χ1n) is 2.92. The summed E-state index contributed by atoms with van der Waals surface area (Å²) in [5, 5.41) is 11.1. The van der Waals surface area contributed by atoms with Gasteiger partial charge in [0.25, 0.3) is 0 Å². The van der Waals surface area contributed by atoms with Gasteiger partial charge in [0.2, 0.25) is 0 Å². The molecular formula is C6H11N3. The molecule has 0 atom stereocenters. The van der Waals surface area contributed by atoms with Gasteiger partial charge in [-0.3, -0.25) is 10.3 Å². The zero-order valence-electron chi connectivity index (χ0n) is 5.43. The summed E-state index contributed by atoms with van der Waals surface area (Å²) < 4.78 is 0. The number of aliphatic imine (C=N–C) groups is 1. The van der Waals surface area contributed by atoms with Crippen LogP contribution in [0, 0.1) is 11.3 Å². The van der Waals surface area contributed by atoms with E-state index < -0.39 is 0 Å². The van der Waals surface area contributed by atoms with Crippen LogP contribution in [0.1, 0.15) is 12.8 Å². The molecule has 0 aromatic rings. The molecule has 3 nitrogen and oxygen atoms in total. The van der Waals surface area contributed by atoms with Crippen molar-refractivity contribution in [2.45, 2.75) is 12.8 Å². The van der Waals surface area contributed by atoms with Crippen LogP contribution < -0.4 is 5.32 Å². The van der Waals surface area contributed by atoms with E-state index in [-0.39, 0.29) is 0 Å². The third-order valence-electron chi connectivity index (χ3n) is 0.866. The smallest absolute Gasteiger partial charge is 0.0877 e. The summed E-state index contributed by atoms with van der Waals surface area (Å²) in [4.78, 5) is 3.59. The molecule has 0 unspecified atom stereocenters. The van der Waals surface area contributed by atoms with Crippen molar-refractivity contribution in [1.29, 1.82) is 5.26 Å². The SMILES string of the molecule is C=NCNCCCC#N. The average molecular weight is 125 g/mol. The number of nitrogens with zero attached hydrogens (tertiary/aromatic N) is 2. The molecule has 0 aliphatic rings. The van der Waals surface area contributed by atoms with Gasteiger partial charge in [0.1, 0.15) is 0 Å². The summed E-state index contributed by atoms with van der Waals surface area (Å²) >= 11 is 0. The lowest BCUT2D eigenvalue weighted by Crippen LogP contribution is -2.14. The van der Waals surface area contributed by atoms with Crippen molar-refractivity contribution in [2.75, 3.05) is 13.2 Å². The Balaban J connectivity index is 2.76. The molecule has 0 saturated carbocycles. The zero-order chi connectivity index (χ0) is 6.95. The van der Waals surface area contributed by atoms with Crippen LogP contribution in [0.4, 0.5) is 0 Å². The van der Waals surface area contributed by atoms with Gasteiger partial charge in [0.05, 0.1) is 12.7 Å². The predicted molar refractivity (Wildman–Crippen MR) is 37.3 cm³/mol. The Bertz CT molecular complexity index is 103. The molecule has 0 fully saturated rings. The summed E-state index contributed by atoms with van der Waals surface area (Å²) in [6, 6.07) is 2.06. The molecule has 0 aromatic heterocycles. The van der Waals surface area contributed by atoms with E-state index in [9.17, 15) is 0 Å². The van der Waals surface area contributed by atoms with E-state index in [4.69, 9.17) is 5.26 Å². The Labute approximate surface area is 55.4 Å². The molecule has 0 aliphatic heterocycles. The molecule has 0 aliphatic carbocycles. The highest BCUT2D eigenvalue weighted by Crippen LogP contribution is 1.81. The molecule has 0 heterocycles. The first-order valence-corrected chi connectivity index (χ1v) is 2.92. The summed E-state index contributed by atoms with van der Waals surface area (Å²) in [6.45, 7) is 4.74. The third kappa shape index (κ3) is 7.12. The maximum atomic E-state index is 8.11. The highest BCUT2D eigenvalue weighted by molar-refractivity contribution is 5.22. The quantitative estimate of drug-likeness (QED) is 0.430. The van der Waals surface area contributed by atoms with Gasteiger partial charge < -0.3 is 0 Å². The van der Waals surface area contributed by atoms with Crippen LogP contribution in [-0.4, -0.2) is 19.9 Å². The Morgan fingerprint density at radius 2 is 2.44 bits per heavy atom. The lowest BCUT2D eigenvalue weighted by atomic mass is 10.3. The fraction of sp³-hybridized carbons (Fsp3) is 0.667. The predicted octanol–water partition coefficient (Wildman–Crippen LogP) is 0.538. The van der Waals surface area contributed by atoms with E-state index in [0.29, 0.717) is 13.1 Å². The monoisotopic (exact) mass is 125 g/mol. The van der Waals surface area contributed by atoms with Crippen LogP contribution in [0.25, 0.3) is 0 Å². The highest BCUT2D eigenvalue weighted by Gasteiger charge is 1.82. The molecule has 0 spiro atoms. The van der Waals surface area contributed by atoms with E-state index in [2.05, 4.69) is 23.1 Å². The third-order valence-corrected chi connectivity index (χ3v) is 0.866. The Morgan fingerprint density at radius 1 is 1.67 bits per heavy atom. The molecule has 0 bridgehead atoms. The first-order chi connectivity index (χ1) is 4.41. The van der Waals surface area contributed by atoms with E-state index >= 15 is 0 Å². The number of hydrogen-bond donors (Lipinski definition) is 1. The van der Waals surface area contributed by atoms with Crippen molar-refractivity contribution >= 4 is 6.72 Å². The van der Waals surface area contributed by atoms with Crippen molar-refractivity contribution in [2.24, 2.45) is 4.99 Å². The number of nitrogens with one attached hydrogen (secondary N) is 1. The normalized spacial score (nSPS) is 8.33. The molecular weight excluding hydrogens is 114 g/mol. The molecule has 0 saturated heterocycles. The minimum atomic E-state index is 0.589. The van der Waals surface area contributed by atoms with Crippen LogP contribution in [0.5, 0.6) is 0 Å². The van der Waals surface area contributed by atoms with Gasteiger partial charge in [-0.1, -0.05) is 0 Å². The molecule has 1 N–H and O–H groups in total. The standard InChI is InChI=1S/C6H11N3/c1-8-6-9-5-3-2-4-7/h9H,1-3,5-6H2. The second-order valence-corrected chi connectivity index (χ2v) is 1.64. The van der Waals surface area contributed by atoms with E-state index in [1.54, 1.807) is 0 Å². The van der Waals surface area contributed by atoms with Gasteiger partial charge in [-0.2, -0.15) is 5.26 Å². The molecule has 0 radical (unpaired) electrons. The van der Waals surface area contributed by atoms with Crippen LogP contribution >= 0.6 is 0 Å². The van der Waals surface area contributed by atoms with Gasteiger partial charge in [-0.15, -0.1) is 0 Å². The summed E-state index contributed by atoms with van der Waals surface area (Å²) in [6.07, 6.45) is 1.51. The fourth-order valence-electron chi connectivity index (χ4n) is 0.451. The number of unbranched alkanes of at least 4 members (excludes halogenated alkanes) is 1. The molecule has 50 valence electrons. The van der Waals surface area contributed by atoms with Crippen molar-refractivity contribution in [3.05, 3.63) is 0 Å². The number of rotatable bonds is 5. The van der Waals surface area contributed by atoms with E-state index in [0.717, 1.165) is 13.0 Å². The van der Waals surface area contributed by atoms with Gasteiger partial charge in [-0.05, 0) is 19.7 Å². The average Bonchev–Trinajstić information content (AvgIpc) is 1.89. The van der Waals surface area contributed by atoms with Crippen molar-refractivity contribution in [1.82, 2.24) is 5.32 Å². The van der Waals surface area contributed by atoms with Crippen molar-refractivity contribution in [3.63, 3.8) is 0 Å². The largest absolute Gasteiger partial charge is 0.298 e. The molecule has 0 aromatic carbocycles. The van der Waals surface area contributed by atoms with Gasteiger partial charge in [-0.25, -0.2) is 0 Å². The highest BCUT2D eigenvalue weighted by atomic mass is 15.0. The zero-order valence-corrected chi connectivity index (χ0v) is 5.43. The fourth-order valence-corrected chi connectivity index (χ4v) is 0.451. The van der Waals surface area contributed by atoms with Crippen molar-refractivity contribution < 1.29 is 0 Å².